The van der Waals surface area contributed by atoms with E-state index in [0.29, 0.717) is 68.2 Å². The predicted molar refractivity (Wildman–Crippen MR) is 147 cm³/mol. The Bertz CT molecular complexity index is 1300. The van der Waals surface area contributed by atoms with Crippen molar-refractivity contribution in [2.24, 2.45) is 0 Å². The number of carbonyl (C=O) groups excluding carboxylic acids is 3. The Morgan fingerprint density at radius 3 is 2.26 bits per heavy atom. The van der Waals surface area contributed by atoms with Crippen LogP contribution in [0.2, 0.25) is 0 Å². The van der Waals surface area contributed by atoms with Gasteiger partial charge >= 0.3 is 0 Å². The van der Waals surface area contributed by atoms with Crippen molar-refractivity contribution >= 4 is 57.6 Å². The molecule has 0 atom stereocenters. The number of anilines is 3. The topological polar surface area (TPSA) is 135 Å². The van der Waals surface area contributed by atoms with Crippen LogP contribution in [0.1, 0.15) is 5.56 Å². The third-order valence-electron chi connectivity index (χ3n) is 6.55. The fraction of sp³-hybridized carbons (Fsp3) is 0.346. The fourth-order valence-electron chi connectivity index (χ4n) is 4.56. The number of benzene rings is 2. The lowest BCUT2D eigenvalue weighted by molar-refractivity contribution is -0.384. The number of imide groups is 1. The summed E-state index contributed by atoms with van der Waals surface area (Å²) in [5.41, 5.74) is 2.36. The Balaban J connectivity index is 1.23. The van der Waals surface area contributed by atoms with Gasteiger partial charge in [-0.1, -0.05) is 6.07 Å². The van der Waals surface area contributed by atoms with Gasteiger partial charge in [0.2, 0.25) is 5.91 Å². The van der Waals surface area contributed by atoms with Gasteiger partial charge in [0.25, 0.3) is 16.8 Å². The maximum absolute atomic E-state index is 12.9. The molecule has 2 aromatic rings. The van der Waals surface area contributed by atoms with Crippen LogP contribution in [0.15, 0.2) is 47.4 Å². The van der Waals surface area contributed by atoms with Gasteiger partial charge in [0, 0.05) is 43.6 Å². The molecule has 0 radical (unpaired) electrons. The summed E-state index contributed by atoms with van der Waals surface area (Å²) in [6, 6.07) is 12.0. The number of carbonyl (C=O) groups is 3. The van der Waals surface area contributed by atoms with E-state index in [2.05, 4.69) is 10.2 Å². The molecule has 0 unspecified atom stereocenters. The first kappa shape index (κ1) is 26.7. The number of thioether (sulfide) groups is 1. The number of nitro groups is 1. The maximum Gasteiger partial charge on any atom is 0.294 e. The second kappa shape index (κ2) is 11.8. The first-order chi connectivity index (χ1) is 18.9. The molecule has 13 heteroatoms. The minimum atomic E-state index is -0.622. The highest BCUT2D eigenvalue weighted by Gasteiger charge is 2.36. The van der Waals surface area contributed by atoms with E-state index in [1.54, 1.807) is 24.3 Å². The van der Waals surface area contributed by atoms with Crippen LogP contribution >= 0.6 is 11.8 Å². The SMILES string of the molecule is O=C(CN1C(=O)S/C(=C\c2ccc(N3CCOCC3)c([N+](=O)[O-])c2)C1=O)Nc1ccc(N2CCOCC2)cc1. The molecule has 204 valence electrons. The molecule has 39 heavy (non-hydrogen) atoms. The normalized spacial score (nSPS) is 19.1. The summed E-state index contributed by atoms with van der Waals surface area (Å²) >= 11 is 0.695. The van der Waals surface area contributed by atoms with Crippen LogP contribution in [-0.2, 0) is 19.1 Å². The quantitative estimate of drug-likeness (QED) is 0.310. The Morgan fingerprint density at radius 2 is 1.62 bits per heavy atom. The molecule has 3 aliphatic heterocycles. The zero-order valence-corrected chi connectivity index (χ0v) is 21.9. The summed E-state index contributed by atoms with van der Waals surface area (Å²) in [4.78, 5) is 54.4. The van der Waals surface area contributed by atoms with Gasteiger partial charge in [-0.05, 0) is 53.7 Å². The molecule has 0 bridgehead atoms. The molecule has 0 saturated carbocycles. The van der Waals surface area contributed by atoms with E-state index < -0.39 is 28.5 Å². The average Bonchev–Trinajstić information content (AvgIpc) is 3.21. The number of ether oxygens (including phenoxy) is 2. The molecular formula is C26H27N5O7S. The first-order valence-corrected chi connectivity index (χ1v) is 13.3. The summed E-state index contributed by atoms with van der Waals surface area (Å²) in [6.45, 7) is 4.54. The van der Waals surface area contributed by atoms with Gasteiger partial charge in [0.05, 0.1) is 36.3 Å². The lowest BCUT2D eigenvalue weighted by Gasteiger charge is -2.28. The third kappa shape index (κ3) is 6.21. The van der Waals surface area contributed by atoms with E-state index in [0.717, 1.165) is 23.7 Å². The van der Waals surface area contributed by atoms with Crippen molar-refractivity contribution in [3.8, 4) is 0 Å². The van der Waals surface area contributed by atoms with E-state index in [1.165, 1.54) is 12.1 Å². The van der Waals surface area contributed by atoms with Crippen LogP contribution in [0.25, 0.3) is 6.08 Å². The Hall–Kier alpha value is -3.94. The number of nitrogens with zero attached hydrogens (tertiary/aromatic N) is 4. The standard InChI is InChI=1S/C26H27N5O7S/c32-24(27-19-2-4-20(5-3-19)28-7-11-37-12-8-28)17-30-25(33)23(39-26(30)34)16-18-1-6-21(22(15-18)31(35)36)29-9-13-38-14-10-29/h1-6,15-16H,7-14,17H2,(H,27,32)/b23-16-. The number of amides is 3. The second-order valence-corrected chi connectivity index (χ2v) is 10.1. The summed E-state index contributed by atoms with van der Waals surface area (Å²) < 4.78 is 10.7. The summed E-state index contributed by atoms with van der Waals surface area (Å²) in [5.74, 6) is -1.13. The number of morpholine rings is 2. The average molecular weight is 554 g/mol. The van der Waals surface area contributed by atoms with Gasteiger partial charge in [-0.3, -0.25) is 29.4 Å². The zero-order valence-electron chi connectivity index (χ0n) is 21.0. The van der Waals surface area contributed by atoms with E-state index in [-0.39, 0.29) is 10.6 Å². The van der Waals surface area contributed by atoms with Gasteiger partial charge in [-0.2, -0.15) is 0 Å². The minimum absolute atomic E-state index is 0.0936. The van der Waals surface area contributed by atoms with Gasteiger partial charge in [-0.25, -0.2) is 0 Å². The van der Waals surface area contributed by atoms with Crippen LogP contribution < -0.4 is 15.1 Å². The van der Waals surface area contributed by atoms with Crippen LogP contribution in [0.5, 0.6) is 0 Å². The van der Waals surface area contributed by atoms with Gasteiger partial charge < -0.3 is 24.6 Å². The molecule has 2 aromatic carbocycles. The number of hydrogen-bond donors (Lipinski definition) is 1. The Labute approximate surface area is 228 Å². The first-order valence-electron chi connectivity index (χ1n) is 12.5. The van der Waals surface area contributed by atoms with E-state index in [9.17, 15) is 24.5 Å². The summed E-state index contributed by atoms with van der Waals surface area (Å²) in [6.07, 6.45) is 1.43. The van der Waals surface area contributed by atoms with Crippen molar-refractivity contribution < 1.29 is 28.8 Å². The fourth-order valence-corrected chi connectivity index (χ4v) is 5.40. The smallest absolute Gasteiger partial charge is 0.294 e. The Kier molecular flexibility index (Phi) is 8.10. The van der Waals surface area contributed by atoms with Crippen LogP contribution in [0, 0.1) is 10.1 Å². The highest BCUT2D eigenvalue weighted by molar-refractivity contribution is 8.18. The van der Waals surface area contributed by atoms with Crippen molar-refractivity contribution in [2.45, 2.75) is 0 Å². The van der Waals surface area contributed by atoms with Crippen molar-refractivity contribution in [3.05, 3.63) is 63.0 Å². The van der Waals surface area contributed by atoms with Crippen LogP contribution in [0.4, 0.5) is 27.5 Å². The minimum Gasteiger partial charge on any atom is -0.378 e. The predicted octanol–water partition coefficient (Wildman–Crippen LogP) is 2.94. The molecular weight excluding hydrogens is 526 g/mol. The van der Waals surface area contributed by atoms with Crippen LogP contribution in [0.3, 0.4) is 0 Å². The van der Waals surface area contributed by atoms with Crippen LogP contribution in [-0.4, -0.2) is 86.0 Å². The molecule has 3 amide bonds. The number of nitro benzene ring substituents is 1. The number of rotatable bonds is 7. The van der Waals surface area contributed by atoms with Gasteiger partial charge in [-0.15, -0.1) is 0 Å². The lowest BCUT2D eigenvalue weighted by Crippen LogP contribution is -2.36. The van der Waals surface area contributed by atoms with Crippen molar-refractivity contribution in [1.82, 2.24) is 4.90 Å². The van der Waals surface area contributed by atoms with Crippen molar-refractivity contribution in [2.75, 3.05) is 74.3 Å². The van der Waals surface area contributed by atoms with E-state index in [1.807, 2.05) is 17.0 Å². The van der Waals surface area contributed by atoms with Crippen molar-refractivity contribution in [3.63, 3.8) is 0 Å². The lowest BCUT2D eigenvalue weighted by atomic mass is 10.1. The maximum atomic E-state index is 12.9. The highest BCUT2D eigenvalue weighted by atomic mass is 32.2. The second-order valence-electron chi connectivity index (χ2n) is 9.07. The molecule has 0 spiro atoms. The molecule has 3 saturated heterocycles. The van der Waals surface area contributed by atoms with E-state index >= 15 is 0 Å². The number of hydrogen-bond acceptors (Lipinski definition) is 10. The monoisotopic (exact) mass is 553 g/mol. The largest absolute Gasteiger partial charge is 0.378 e. The molecule has 0 aliphatic carbocycles. The summed E-state index contributed by atoms with van der Waals surface area (Å²) in [5, 5.41) is 13.9. The molecule has 5 rings (SSSR count). The van der Waals surface area contributed by atoms with E-state index in [4.69, 9.17) is 9.47 Å². The molecule has 3 aliphatic rings. The van der Waals surface area contributed by atoms with Gasteiger partial charge in [0.1, 0.15) is 12.2 Å². The Morgan fingerprint density at radius 1 is 0.974 bits per heavy atom. The van der Waals surface area contributed by atoms with Gasteiger partial charge in [0.15, 0.2) is 0 Å². The molecule has 1 N–H and O–H groups in total. The third-order valence-corrected chi connectivity index (χ3v) is 7.46. The molecule has 3 fully saturated rings. The highest BCUT2D eigenvalue weighted by Crippen LogP contribution is 2.35. The summed E-state index contributed by atoms with van der Waals surface area (Å²) in [7, 11) is 0. The number of nitrogens with one attached hydrogen (secondary N) is 1. The zero-order chi connectivity index (χ0) is 27.4. The molecule has 12 nitrogen and oxygen atoms in total. The molecule has 3 heterocycles. The molecule has 0 aromatic heterocycles. The van der Waals surface area contributed by atoms with Crippen molar-refractivity contribution in [1.29, 1.82) is 0 Å².